The molecule has 1 N–H and O–H groups in total. The van der Waals surface area contributed by atoms with E-state index >= 15 is 0 Å². The maximum atomic E-state index is 13.0. The summed E-state index contributed by atoms with van der Waals surface area (Å²) in [6.45, 7) is 0.250. The van der Waals surface area contributed by atoms with Crippen LogP contribution in [0, 0.1) is 0 Å². The number of alkyl halides is 3. The SMILES string of the molecule is CNCc1ccc(OCc2ccno2)c(C(F)(F)F)c1. The van der Waals surface area contributed by atoms with E-state index in [2.05, 4.69) is 10.5 Å². The molecule has 0 unspecified atom stereocenters. The third kappa shape index (κ3) is 3.51. The molecule has 2 aromatic rings. The first-order valence-electron chi connectivity index (χ1n) is 5.88. The molecule has 0 aliphatic heterocycles. The zero-order chi connectivity index (χ0) is 14.6. The van der Waals surface area contributed by atoms with Gasteiger partial charge < -0.3 is 14.6 Å². The highest BCUT2D eigenvalue weighted by molar-refractivity contribution is 5.39. The Kier molecular flexibility index (Phi) is 4.29. The van der Waals surface area contributed by atoms with Crippen molar-refractivity contribution in [3.8, 4) is 5.75 Å². The van der Waals surface area contributed by atoms with E-state index < -0.39 is 11.7 Å². The summed E-state index contributed by atoms with van der Waals surface area (Å²) in [5.74, 6) is 0.131. The quantitative estimate of drug-likeness (QED) is 0.918. The van der Waals surface area contributed by atoms with E-state index in [1.165, 1.54) is 18.3 Å². The Bertz CT molecular complexity index is 553. The van der Waals surface area contributed by atoms with E-state index in [-0.39, 0.29) is 12.4 Å². The third-order valence-corrected chi connectivity index (χ3v) is 2.59. The number of rotatable bonds is 5. The normalized spacial score (nSPS) is 11.6. The maximum Gasteiger partial charge on any atom is 0.419 e. The number of halogens is 3. The zero-order valence-electron chi connectivity index (χ0n) is 10.7. The van der Waals surface area contributed by atoms with Gasteiger partial charge in [0, 0.05) is 12.6 Å². The third-order valence-electron chi connectivity index (χ3n) is 2.59. The van der Waals surface area contributed by atoms with Crippen molar-refractivity contribution in [3.05, 3.63) is 47.3 Å². The van der Waals surface area contributed by atoms with Crippen LogP contribution in [-0.2, 0) is 19.3 Å². The van der Waals surface area contributed by atoms with Gasteiger partial charge in [-0.3, -0.25) is 0 Å². The van der Waals surface area contributed by atoms with Crippen molar-refractivity contribution in [1.82, 2.24) is 10.5 Å². The Labute approximate surface area is 113 Å². The Morgan fingerprint density at radius 1 is 1.30 bits per heavy atom. The average molecular weight is 286 g/mol. The lowest BCUT2D eigenvalue weighted by molar-refractivity contribution is -0.139. The minimum Gasteiger partial charge on any atom is -0.485 e. The molecule has 0 aliphatic rings. The van der Waals surface area contributed by atoms with E-state index in [0.717, 1.165) is 6.07 Å². The van der Waals surface area contributed by atoms with Crippen LogP contribution in [0.5, 0.6) is 5.75 Å². The van der Waals surface area contributed by atoms with Crippen LogP contribution in [0.2, 0.25) is 0 Å². The van der Waals surface area contributed by atoms with Gasteiger partial charge >= 0.3 is 6.18 Å². The van der Waals surface area contributed by atoms with E-state index in [1.807, 2.05) is 0 Å². The van der Waals surface area contributed by atoms with Gasteiger partial charge in [-0.25, -0.2) is 0 Å². The Morgan fingerprint density at radius 2 is 2.10 bits per heavy atom. The van der Waals surface area contributed by atoms with Crippen molar-refractivity contribution >= 4 is 0 Å². The molecule has 2 rings (SSSR count). The molecule has 0 fully saturated rings. The van der Waals surface area contributed by atoms with Crippen molar-refractivity contribution in [1.29, 1.82) is 0 Å². The molecule has 1 heterocycles. The van der Waals surface area contributed by atoms with Crippen molar-refractivity contribution < 1.29 is 22.4 Å². The smallest absolute Gasteiger partial charge is 0.419 e. The summed E-state index contributed by atoms with van der Waals surface area (Å²) in [5, 5.41) is 6.26. The van der Waals surface area contributed by atoms with Gasteiger partial charge in [0.2, 0.25) is 0 Å². The molecule has 0 atom stereocenters. The molecule has 1 aromatic heterocycles. The molecular formula is C13H13F3N2O2. The van der Waals surface area contributed by atoms with Crippen LogP contribution in [0.1, 0.15) is 16.9 Å². The Morgan fingerprint density at radius 3 is 2.70 bits per heavy atom. The number of ether oxygens (including phenoxy) is 1. The molecular weight excluding hydrogens is 273 g/mol. The standard InChI is InChI=1S/C13H13F3N2O2/c1-17-7-9-2-3-12(11(6-9)13(14,15)16)19-8-10-4-5-18-20-10/h2-6,17H,7-8H2,1H3. The van der Waals surface area contributed by atoms with Crippen LogP contribution in [0.25, 0.3) is 0 Å². The second-order valence-corrected chi connectivity index (χ2v) is 4.13. The lowest BCUT2D eigenvalue weighted by atomic mass is 10.1. The summed E-state index contributed by atoms with van der Waals surface area (Å²) in [4.78, 5) is 0. The van der Waals surface area contributed by atoms with Crippen molar-refractivity contribution in [2.75, 3.05) is 7.05 Å². The van der Waals surface area contributed by atoms with Crippen LogP contribution in [-0.4, -0.2) is 12.2 Å². The van der Waals surface area contributed by atoms with Gasteiger partial charge in [-0.2, -0.15) is 13.2 Å². The number of nitrogens with zero attached hydrogens (tertiary/aromatic N) is 1. The molecule has 1 aromatic carbocycles. The van der Waals surface area contributed by atoms with Gasteiger partial charge in [-0.05, 0) is 24.7 Å². The molecule has 0 spiro atoms. The summed E-state index contributed by atoms with van der Waals surface area (Å²) >= 11 is 0. The first kappa shape index (κ1) is 14.4. The van der Waals surface area contributed by atoms with Crippen LogP contribution in [0.15, 0.2) is 35.0 Å². The first-order chi connectivity index (χ1) is 9.50. The molecule has 4 nitrogen and oxygen atoms in total. The fraction of sp³-hybridized carbons (Fsp3) is 0.308. The zero-order valence-corrected chi connectivity index (χ0v) is 10.7. The molecule has 0 radical (unpaired) electrons. The predicted octanol–water partition coefficient (Wildman–Crippen LogP) is 2.99. The van der Waals surface area contributed by atoms with Crippen molar-refractivity contribution in [2.24, 2.45) is 0 Å². The van der Waals surface area contributed by atoms with Crippen LogP contribution in [0.4, 0.5) is 13.2 Å². The first-order valence-corrected chi connectivity index (χ1v) is 5.88. The highest BCUT2D eigenvalue weighted by Crippen LogP contribution is 2.37. The molecule has 7 heteroatoms. The molecule has 0 bridgehead atoms. The maximum absolute atomic E-state index is 13.0. The molecule has 0 saturated heterocycles. The fourth-order valence-electron chi connectivity index (χ4n) is 1.70. The second-order valence-electron chi connectivity index (χ2n) is 4.13. The topological polar surface area (TPSA) is 47.3 Å². The van der Waals surface area contributed by atoms with Crippen LogP contribution >= 0.6 is 0 Å². The number of nitrogens with one attached hydrogen (secondary N) is 1. The molecule has 20 heavy (non-hydrogen) atoms. The number of hydrogen-bond acceptors (Lipinski definition) is 4. The van der Waals surface area contributed by atoms with E-state index in [1.54, 1.807) is 13.1 Å². The molecule has 0 aliphatic carbocycles. The van der Waals surface area contributed by atoms with Gasteiger partial charge in [0.25, 0.3) is 0 Å². The van der Waals surface area contributed by atoms with Crippen LogP contribution in [0.3, 0.4) is 0 Å². The molecule has 108 valence electrons. The Balaban J connectivity index is 2.22. The highest BCUT2D eigenvalue weighted by Gasteiger charge is 2.34. The minimum atomic E-state index is -4.47. The number of benzene rings is 1. The highest BCUT2D eigenvalue weighted by atomic mass is 19.4. The largest absolute Gasteiger partial charge is 0.485 e. The second kappa shape index (κ2) is 5.96. The van der Waals surface area contributed by atoms with Gasteiger partial charge in [0.1, 0.15) is 12.4 Å². The molecule has 0 saturated carbocycles. The van der Waals surface area contributed by atoms with Gasteiger partial charge in [0.05, 0.1) is 11.8 Å². The average Bonchev–Trinajstić information content (AvgIpc) is 2.89. The minimum absolute atomic E-state index is 0.103. The summed E-state index contributed by atoms with van der Waals surface area (Å²) in [6.07, 6.45) is -3.07. The Hall–Kier alpha value is -2.02. The van der Waals surface area contributed by atoms with Gasteiger partial charge in [0.15, 0.2) is 5.76 Å². The summed E-state index contributed by atoms with van der Waals surface area (Å²) < 4.78 is 48.9. The monoisotopic (exact) mass is 286 g/mol. The van der Waals surface area contributed by atoms with E-state index in [0.29, 0.717) is 17.9 Å². The number of hydrogen-bond donors (Lipinski definition) is 1. The van der Waals surface area contributed by atoms with Gasteiger partial charge in [-0.15, -0.1) is 0 Å². The van der Waals surface area contributed by atoms with E-state index in [4.69, 9.17) is 9.26 Å². The van der Waals surface area contributed by atoms with Crippen LogP contribution < -0.4 is 10.1 Å². The lowest BCUT2D eigenvalue weighted by Gasteiger charge is -2.14. The summed E-state index contributed by atoms with van der Waals surface area (Å²) in [7, 11) is 1.67. The van der Waals surface area contributed by atoms with Crippen molar-refractivity contribution in [3.63, 3.8) is 0 Å². The fourth-order valence-corrected chi connectivity index (χ4v) is 1.70. The summed E-state index contributed by atoms with van der Waals surface area (Å²) in [5.41, 5.74) is -0.267. The van der Waals surface area contributed by atoms with E-state index in [9.17, 15) is 13.2 Å². The lowest BCUT2D eigenvalue weighted by Crippen LogP contribution is -2.11. The molecule has 0 amide bonds. The predicted molar refractivity (Wildman–Crippen MR) is 65.0 cm³/mol. The van der Waals surface area contributed by atoms with Crippen molar-refractivity contribution in [2.45, 2.75) is 19.3 Å². The summed E-state index contributed by atoms with van der Waals surface area (Å²) in [6, 6.07) is 5.50. The van der Waals surface area contributed by atoms with Gasteiger partial charge in [-0.1, -0.05) is 11.2 Å². The number of aromatic nitrogens is 1.